The molecule has 1 heterocycles. The van der Waals surface area contributed by atoms with Crippen LogP contribution in [0.2, 0.25) is 0 Å². The van der Waals surface area contributed by atoms with Crippen LogP contribution in [0.5, 0.6) is 0 Å². The van der Waals surface area contributed by atoms with Gasteiger partial charge in [-0.05, 0) is 19.1 Å². The maximum absolute atomic E-state index is 11.1. The van der Waals surface area contributed by atoms with E-state index in [9.17, 15) is 4.79 Å². The van der Waals surface area contributed by atoms with Crippen LogP contribution in [-0.4, -0.2) is 11.0 Å². The van der Waals surface area contributed by atoms with E-state index in [2.05, 4.69) is 22.2 Å². The number of rotatable bonds is 3. The maximum Gasteiger partial charge on any atom is 0.319 e. The van der Waals surface area contributed by atoms with Crippen LogP contribution in [-0.2, 0) is 6.54 Å². The first kappa shape index (κ1) is 10.2. The molecular formula is C10H13N3O. The molecule has 0 aromatic carbocycles. The summed E-state index contributed by atoms with van der Waals surface area (Å²) >= 11 is 0. The van der Waals surface area contributed by atoms with Crippen molar-refractivity contribution < 1.29 is 4.79 Å². The number of nitrogens with zero attached hydrogens (tertiary/aromatic N) is 1. The number of pyridine rings is 1. The fraction of sp³-hybridized carbons (Fsp3) is 0.200. The van der Waals surface area contributed by atoms with Crippen molar-refractivity contribution in [2.45, 2.75) is 13.5 Å². The summed E-state index contributed by atoms with van der Waals surface area (Å²) in [5.41, 5.74) is 1.44. The van der Waals surface area contributed by atoms with Crippen LogP contribution in [0.3, 0.4) is 0 Å². The van der Waals surface area contributed by atoms with Gasteiger partial charge in [-0.3, -0.25) is 4.98 Å². The normalized spacial score (nSPS) is 9.21. The van der Waals surface area contributed by atoms with E-state index in [1.54, 1.807) is 13.1 Å². The quantitative estimate of drug-likeness (QED) is 0.759. The fourth-order valence-corrected chi connectivity index (χ4v) is 0.912. The Morgan fingerprint density at radius 2 is 2.36 bits per heavy atom. The van der Waals surface area contributed by atoms with Crippen LogP contribution in [0, 0.1) is 0 Å². The molecule has 4 nitrogen and oxygen atoms in total. The predicted molar refractivity (Wildman–Crippen MR) is 54.4 cm³/mol. The molecule has 74 valence electrons. The third kappa shape index (κ3) is 3.71. The topological polar surface area (TPSA) is 54.0 Å². The summed E-state index contributed by atoms with van der Waals surface area (Å²) in [4.78, 5) is 15.2. The Labute approximate surface area is 83.0 Å². The maximum atomic E-state index is 11.1. The smallest absolute Gasteiger partial charge is 0.319 e. The van der Waals surface area contributed by atoms with Crippen LogP contribution < -0.4 is 10.6 Å². The van der Waals surface area contributed by atoms with Crippen molar-refractivity contribution in [3.63, 3.8) is 0 Å². The van der Waals surface area contributed by atoms with Gasteiger partial charge >= 0.3 is 6.03 Å². The molecule has 0 aliphatic carbocycles. The molecule has 1 aromatic heterocycles. The average Bonchev–Trinajstić information content (AvgIpc) is 2.15. The van der Waals surface area contributed by atoms with Crippen molar-refractivity contribution in [2.75, 3.05) is 0 Å². The lowest BCUT2D eigenvalue weighted by Crippen LogP contribution is -2.33. The number of aromatic nitrogens is 1. The summed E-state index contributed by atoms with van der Waals surface area (Å²) in [6, 6.07) is 5.29. The molecule has 14 heavy (non-hydrogen) atoms. The van der Waals surface area contributed by atoms with E-state index >= 15 is 0 Å². The lowest BCUT2D eigenvalue weighted by molar-refractivity contribution is 0.243. The van der Waals surface area contributed by atoms with Crippen molar-refractivity contribution >= 4 is 6.03 Å². The van der Waals surface area contributed by atoms with Crippen molar-refractivity contribution in [2.24, 2.45) is 0 Å². The Morgan fingerprint density at radius 1 is 1.57 bits per heavy atom. The highest BCUT2D eigenvalue weighted by molar-refractivity contribution is 5.75. The zero-order valence-corrected chi connectivity index (χ0v) is 8.08. The summed E-state index contributed by atoms with van der Waals surface area (Å²) < 4.78 is 0. The Kier molecular flexibility index (Phi) is 3.67. The molecule has 0 fully saturated rings. The molecule has 0 atom stereocenters. The van der Waals surface area contributed by atoms with Gasteiger partial charge in [0, 0.05) is 11.9 Å². The van der Waals surface area contributed by atoms with Crippen LogP contribution in [0.1, 0.15) is 12.6 Å². The first-order valence-corrected chi connectivity index (χ1v) is 4.29. The summed E-state index contributed by atoms with van der Waals surface area (Å²) in [5, 5.41) is 5.20. The number of nitrogens with one attached hydrogen (secondary N) is 2. The minimum absolute atomic E-state index is 0.261. The number of amides is 2. The van der Waals surface area contributed by atoms with Gasteiger partial charge in [0.05, 0.1) is 12.2 Å². The van der Waals surface area contributed by atoms with E-state index < -0.39 is 0 Å². The van der Waals surface area contributed by atoms with Crippen LogP contribution in [0.25, 0.3) is 0 Å². The number of hydrogen-bond donors (Lipinski definition) is 2. The highest BCUT2D eigenvalue weighted by Gasteiger charge is 1.99. The van der Waals surface area contributed by atoms with Gasteiger partial charge in [0.25, 0.3) is 0 Å². The molecule has 2 amide bonds. The van der Waals surface area contributed by atoms with Gasteiger partial charge in [0.15, 0.2) is 0 Å². The van der Waals surface area contributed by atoms with Gasteiger partial charge in [-0.2, -0.15) is 0 Å². The van der Waals surface area contributed by atoms with Crippen molar-refractivity contribution in [1.82, 2.24) is 15.6 Å². The van der Waals surface area contributed by atoms with Gasteiger partial charge in [0.1, 0.15) is 0 Å². The fourth-order valence-electron chi connectivity index (χ4n) is 0.912. The summed E-state index contributed by atoms with van der Waals surface area (Å²) in [6.07, 6.45) is 1.69. The molecule has 0 saturated heterocycles. The lowest BCUT2D eigenvalue weighted by Gasteiger charge is -2.05. The van der Waals surface area contributed by atoms with E-state index in [0.717, 1.165) is 5.69 Å². The molecule has 0 unspecified atom stereocenters. The Bertz CT molecular complexity index is 321. The van der Waals surface area contributed by atoms with E-state index in [-0.39, 0.29) is 6.03 Å². The number of urea groups is 1. The molecule has 0 spiro atoms. The van der Waals surface area contributed by atoms with Crippen LogP contribution in [0.15, 0.2) is 36.7 Å². The molecule has 4 heteroatoms. The van der Waals surface area contributed by atoms with Crippen LogP contribution >= 0.6 is 0 Å². The Hall–Kier alpha value is -1.84. The summed E-state index contributed by atoms with van der Waals surface area (Å²) in [5.74, 6) is 0. The molecule has 0 radical (unpaired) electrons. The molecule has 0 bridgehead atoms. The van der Waals surface area contributed by atoms with E-state index in [0.29, 0.717) is 12.2 Å². The molecule has 0 aliphatic rings. The SMILES string of the molecule is C=C(C)NC(=O)NCc1ccccn1. The van der Waals surface area contributed by atoms with E-state index in [1.807, 2.05) is 18.2 Å². The van der Waals surface area contributed by atoms with Gasteiger partial charge in [-0.25, -0.2) is 4.79 Å². The second-order valence-corrected chi connectivity index (χ2v) is 2.91. The molecule has 2 N–H and O–H groups in total. The summed E-state index contributed by atoms with van der Waals surface area (Å²) in [7, 11) is 0. The predicted octanol–water partition coefficient (Wildman–Crippen LogP) is 1.41. The van der Waals surface area contributed by atoms with Crippen molar-refractivity contribution in [3.8, 4) is 0 Å². The zero-order valence-electron chi connectivity index (χ0n) is 8.08. The van der Waals surface area contributed by atoms with Crippen molar-refractivity contribution in [3.05, 3.63) is 42.4 Å². The zero-order chi connectivity index (χ0) is 10.4. The van der Waals surface area contributed by atoms with E-state index in [4.69, 9.17) is 0 Å². The molecular weight excluding hydrogens is 178 g/mol. The second-order valence-electron chi connectivity index (χ2n) is 2.91. The number of carbonyl (C=O) groups is 1. The summed E-state index contributed by atoms with van der Waals surface area (Å²) in [6.45, 7) is 5.70. The molecule has 0 saturated carbocycles. The van der Waals surface area contributed by atoms with E-state index in [1.165, 1.54) is 0 Å². The molecule has 1 rings (SSSR count). The first-order valence-electron chi connectivity index (χ1n) is 4.29. The van der Waals surface area contributed by atoms with Crippen molar-refractivity contribution in [1.29, 1.82) is 0 Å². The molecule has 1 aromatic rings. The Morgan fingerprint density at radius 3 is 2.93 bits per heavy atom. The van der Waals surface area contributed by atoms with Gasteiger partial charge in [-0.1, -0.05) is 12.6 Å². The third-order valence-corrected chi connectivity index (χ3v) is 1.48. The number of allylic oxidation sites excluding steroid dienone is 1. The number of carbonyl (C=O) groups excluding carboxylic acids is 1. The minimum Gasteiger partial charge on any atom is -0.332 e. The lowest BCUT2D eigenvalue weighted by atomic mass is 10.3. The molecule has 0 aliphatic heterocycles. The standard InChI is InChI=1S/C10H13N3O/c1-8(2)13-10(14)12-7-9-5-3-4-6-11-9/h3-6H,1,7H2,2H3,(H2,12,13,14). The first-order chi connectivity index (χ1) is 6.68. The van der Waals surface area contributed by atoms with Gasteiger partial charge in [-0.15, -0.1) is 0 Å². The number of hydrogen-bond acceptors (Lipinski definition) is 2. The third-order valence-electron chi connectivity index (χ3n) is 1.48. The largest absolute Gasteiger partial charge is 0.332 e. The Balaban J connectivity index is 2.34. The highest BCUT2D eigenvalue weighted by atomic mass is 16.2. The van der Waals surface area contributed by atoms with Gasteiger partial charge < -0.3 is 10.6 Å². The minimum atomic E-state index is -0.261. The average molecular weight is 191 g/mol. The van der Waals surface area contributed by atoms with Gasteiger partial charge in [0.2, 0.25) is 0 Å². The second kappa shape index (κ2) is 5.01. The monoisotopic (exact) mass is 191 g/mol. The van der Waals surface area contributed by atoms with Crippen LogP contribution in [0.4, 0.5) is 4.79 Å². The highest BCUT2D eigenvalue weighted by Crippen LogP contribution is 1.91.